The van der Waals surface area contributed by atoms with Gasteiger partial charge in [0.05, 0.1) is 0 Å². The Bertz CT molecular complexity index is 939. The van der Waals surface area contributed by atoms with E-state index in [1.807, 2.05) is 82.6 Å². The average molecular weight is 344 g/mol. The van der Waals surface area contributed by atoms with E-state index in [1.54, 1.807) is 0 Å². The van der Waals surface area contributed by atoms with Gasteiger partial charge in [-0.3, -0.25) is 9.59 Å². The van der Waals surface area contributed by atoms with Crippen LogP contribution in [0.1, 0.15) is 20.7 Å². The van der Waals surface area contributed by atoms with Gasteiger partial charge < -0.3 is 9.80 Å². The zero-order valence-corrected chi connectivity index (χ0v) is 14.5. The van der Waals surface area contributed by atoms with Gasteiger partial charge >= 0.3 is 0 Å². The zero-order valence-electron chi connectivity index (χ0n) is 14.5. The number of nitrogens with zero attached hydrogens (tertiary/aromatic N) is 2. The molecule has 0 saturated carbocycles. The number of piperazine rings is 1. The predicted octanol–water partition coefficient (Wildman–Crippen LogP) is 3.44. The molecule has 4 rings (SSSR count). The fourth-order valence-corrected chi connectivity index (χ4v) is 3.46. The minimum absolute atomic E-state index is 0.0304. The quantitative estimate of drug-likeness (QED) is 0.714. The second-order valence-corrected chi connectivity index (χ2v) is 6.48. The normalized spacial score (nSPS) is 14.5. The number of benzene rings is 3. The maximum Gasteiger partial charge on any atom is 0.254 e. The van der Waals surface area contributed by atoms with Crippen LogP contribution >= 0.6 is 0 Å². The van der Waals surface area contributed by atoms with Gasteiger partial charge in [-0.25, -0.2) is 0 Å². The molecule has 130 valence electrons. The number of hydrogen-bond acceptors (Lipinski definition) is 2. The number of rotatable bonds is 2. The third-order valence-corrected chi connectivity index (χ3v) is 4.89. The summed E-state index contributed by atoms with van der Waals surface area (Å²) in [5.41, 5.74) is 1.42. The molecule has 4 heteroatoms. The van der Waals surface area contributed by atoms with Crippen LogP contribution in [0.15, 0.2) is 72.8 Å². The number of carbonyl (C=O) groups excluding carboxylic acids is 2. The topological polar surface area (TPSA) is 40.6 Å². The molecule has 0 aliphatic carbocycles. The Balaban J connectivity index is 1.48. The molecule has 1 saturated heterocycles. The molecule has 0 N–H and O–H groups in total. The molecule has 0 unspecified atom stereocenters. The highest BCUT2D eigenvalue weighted by molar-refractivity contribution is 6.07. The molecule has 2 amide bonds. The number of carbonyl (C=O) groups is 2. The molecule has 3 aromatic rings. The summed E-state index contributed by atoms with van der Waals surface area (Å²) in [6.45, 7) is 2.23. The Labute approximate surface area is 152 Å². The van der Waals surface area contributed by atoms with Gasteiger partial charge in [0.15, 0.2) is 0 Å². The first-order chi connectivity index (χ1) is 12.7. The molecule has 0 aromatic heterocycles. The molecule has 3 aromatic carbocycles. The van der Waals surface area contributed by atoms with Crippen molar-refractivity contribution in [2.75, 3.05) is 26.2 Å². The van der Waals surface area contributed by atoms with Crippen molar-refractivity contribution in [2.45, 2.75) is 0 Å². The maximum atomic E-state index is 13.0. The highest BCUT2D eigenvalue weighted by Gasteiger charge is 2.26. The summed E-state index contributed by atoms with van der Waals surface area (Å²) in [5, 5.41) is 2.04. The van der Waals surface area contributed by atoms with Crippen molar-refractivity contribution in [1.29, 1.82) is 0 Å². The van der Waals surface area contributed by atoms with Crippen LogP contribution in [0.2, 0.25) is 0 Å². The van der Waals surface area contributed by atoms with Crippen molar-refractivity contribution in [3.05, 3.63) is 83.9 Å². The Morgan fingerprint density at radius 1 is 0.615 bits per heavy atom. The molecular formula is C22H20N2O2. The SMILES string of the molecule is O=C(c1ccccc1)N1CCN(C(=O)c2cccc3ccccc23)CC1. The molecule has 4 nitrogen and oxygen atoms in total. The Morgan fingerprint density at radius 2 is 1.19 bits per heavy atom. The molecule has 0 radical (unpaired) electrons. The number of hydrogen-bond donors (Lipinski definition) is 0. The smallest absolute Gasteiger partial charge is 0.254 e. The van der Waals surface area contributed by atoms with E-state index in [1.165, 1.54) is 0 Å². The van der Waals surface area contributed by atoms with Crippen molar-refractivity contribution >= 4 is 22.6 Å². The lowest BCUT2D eigenvalue weighted by Crippen LogP contribution is -2.50. The maximum absolute atomic E-state index is 13.0. The molecule has 0 bridgehead atoms. The van der Waals surface area contributed by atoms with Crippen molar-refractivity contribution in [1.82, 2.24) is 9.80 Å². The molecule has 26 heavy (non-hydrogen) atoms. The minimum atomic E-state index is 0.0304. The first kappa shape index (κ1) is 16.3. The predicted molar refractivity (Wildman–Crippen MR) is 102 cm³/mol. The molecule has 1 fully saturated rings. The van der Waals surface area contributed by atoms with Crippen LogP contribution in [0.5, 0.6) is 0 Å². The number of amides is 2. The number of fused-ring (bicyclic) bond motifs is 1. The van der Waals surface area contributed by atoms with Gasteiger partial charge in [-0.15, -0.1) is 0 Å². The van der Waals surface area contributed by atoms with E-state index in [9.17, 15) is 9.59 Å². The Morgan fingerprint density at radius 3 is 1.92 bits per heavy atom. The van der Waals surface area contributed by atoms with Gasteiger partial charge in [0.2, 0.25) is 0 Å². The van der Waals surface area contributed by atoms with E-state index in [2.05, 4.69) is 0 Å². The van der Waals surface area contributed by atoms with E-state index >= 15 is 0 Å². The molecule has 1 aliphatic rings. The second-order valence-electron chi connectivity index (χ2n) is 6.48. The molecule has 1 heterocycles. The second kappa shape index (κ2) is 7.00. The van der Waals surface area contributed by atoms with E-state index in [0.29, 0.717) is 31.7 Å². The fourth-order valence-electron chi connectivity index (χ4n) is 3.46. The monoisotopic (exact) mass is 344 g/mol. The third kappa shape index (κ3) is 3.06. The highest BCUT2D eigenvalue weighted by atomic mass is 16.2. The van der Waals surface area contributed by atoms with Crippen molar-refractivity contribution < 1.29 is 9.59 Å². The van der Waals surface area contributed by atoms with E-state index in [4.69, 9.17) is 0 Å². The van der Waals surface area contributed by atoms with Crippen LogP contribution in [0, 0.1) is 0 Å². The lowest BCUT2D eigenvalue weighted by atomic mass is 10.0. The van der Waals surface area contributed by atoms with Crippen LogP contribution in [0.4, 0.5) is 0 Å². The largest absolute Gasteiger partial charge is 0.335 e. The van der Waals surface area contributed by atoms with Gasteiger partial charge in [0.25, 0.3) is 11.8 Å². The minimum Gasteiger partial charge on any atom is -0.335 e. The van der Waals surface area contributed by atoms with Gasteiger partial charge in [-0.05, 0) is 29.0 Å². The molecule has 0 atom stereocenters. The van der Waals surface area contributed by atoms with Crippen LogP contribution in [0.25, 0.3) is 10.8 Å². The lowest BCUT2D eigenvalue weighted by molar-refractivity contribution is 0.0536. The summed E-state index contributed by atoms with van der Waals surface area (Å²) in [5.74, 6) is 0.0662. The van der Waals surface area contributed by atoms with E-state index < -0.39 is 0 Å². The van der Waals surface area contributed by atoms with Crippen LogP contribution in [0.3, 0.4) is 0 Å². The zero-order chi connectivity index (χ0) is 17.9. The summed E-state index contributed by atoms with van der Waals surface area (Å²) in [6, 6.07) is 23.0. The van der Waals surface area contributed by atoms with Crippen LogP contribution in [-0.4, -0.2) is 47.8 Å². The van der Waals surface area contributed by atoms with E-state index in [-0.39, 0.29) is 11.8 Å². The Kier molecular flexibility index (Phi) is 4.40. The van der Waals surface area contributed by atoms with Crippen LogP contribution < -0.4 is 0 Å². The highest BCUT2D eigenvalue weighted by Crippen LogP contribution is 2.21. The van der Waals surface area contributed by atoms with Crippen molar-refractivity contribution in [2.24, 2.45) is 0 Å². The molecular weight excluding hydrogens is 324 g/mol. The van der Waals surface area contributed by atoms with Gasteiger partial charge in [0.1, 0.15) is 0 Å². The van der Waals surface area contributed by atoms with Gasteiger partial charge in [0, 0.05) is 37.3 Å². The summed E-state index contributed by atoms with van der Waals surface area (Å²) in [6.07, 6.45) is 0. The average Bonchev–Trinajstić information content (AvgIpc) is 2.73. The van der Waals surface area contributed by atoms with Crippen LogP contribution in [-0.2, 0) is 0 Å². The summed E-state index contributed by atoms with van der Waals surface area (Å²) < 4.78 is 0. The summed E-state index contributed by atoms with van der Waals surface area (Å²) in [4.78, 5) is 29.2. The summed E-state index contributed by atoms with van der Waals surface area (Å²) >= 11 is 0. The Hall–Kier alpha value is -3.14. The van der Waals surface area contributed by atoms with Crippen molar-refractivity contribution in [3.63, 3.8) is 0 Å². The first-order valence-corrected chi connectivity index (χ1v) is 8.85. The molecule has 0 spiro atoms. The van der Waals surface area contributed by atoms with E-state index in [0.717, 1.165) is 16.3 Å². The lowest BCUT2D eigenvalue weighted by Gasteiger charge is -2.35. The molecule has 1 aliphatic heterocycles. The van der Waals surface area contributed by atoms with Crippen molar-refractivity contribution in [3.8, 4) is 0 Å². The van der Waals surface area contributed by atoms with Gasteiger partial charge in [-0.2, -0.15) is 0 Å². The van der Waals surface area contributed by atoms with Gasteiger partial charge in [-0.1, -0.05) is 54.6 Å². The standard InChI is InChI=1S/C22H20N2O2/c25-21(18-8-2-1-3-9-18)23-13-15-24(16-14-23)22(26)20-12-6-10-17-7-4-5-11-19(17)20/h1-12H,13-16H2. The first-order valence-electron chi connectivity index (χ1n) is 8.85. The fraction of sp³-hybridized carbons (Fsp3) is 0.182. The third-order valence-electron chi connectivity index (χ3n) is 4.89. The summed E-state index contributed by atoms with van der Waals surface area (Å²) in [7, 11) is 0.